The van der Waals surface area contributed by atoms with Crippen molar-refractivity contribution >= 4 is 33.4 Å². The predicted molar refractivity (Wildman–Crippen MR) is 95.2 cm³/mol. The minimum Gasteiger partial charge on any atom is -0.340 e. The van der Waals surface area contributed by atoms with Crippen LogP contribution in [-0.2, 0) is 4.79 Å². The summed E-state index contributed by atoms with van der Waals surface area (Å²) in [4.78, 5) is 24.7. The van der Waals surface area contributed by atoms with Gasteiger partial charge in [-0.2, -0.15) is 0 Å². The molecule has 2 rings (SSSR count). The van der Waals surface area contributed by atoms with Gasteiger partial charge in [-0.1, -0.05) is 41.9 Å². The second kappa shape index (κ2) is 8.20. The van der Waals surface area contributed by atoms with Crippen LogP contribution in [0.1, 0.15) is 24.2 Å². The Morgan fingerprint density at radius 2 is 1.72 bits per heavy atom. The van der Waals surface area contributed by atoms with Crippen molar-refractivity contribution in [2.24, 2.45) is 5.92 Å². The minimum absolute atomic E-state index is 0.000935. The summed E-state index contributed by atoms with van der Waals surface area (Å²) in [6, 6.07) is 8.75. The van der Waals surface area contributed by atoms with Crippen molar-refractivity contribution in [3.8, 4) is 0 Å². The van der Waals surface area contributed by atoms with Gasteiger partial charge in [-0.3, -0.25) is 9.59 Å². The fraction of sp³-hybridized carbons (Fsp3) is 0.222. The number of amides is 2. The molecule has 1 atom stereocenters. The molecule has 0 saturated carbocycles. The minimum atomic E-state index is -0.949. The highest BCUT2D eigenvalue weighted by molar-refractivity contribution is 9.10. The van der Waals surface area contributed by atoms with Gasteiger partial charge in [-0.05, 0) is 36.2 Å². The number of anilines is 1. The number of hydrogen-bond acceptors (Lipinski definition) is 2. The zero-order valence-corrected chi connectivity index (χ0v) is 15.2. The van der Waals surface area contributed by atoms with Gasteiger partial charge < -0.3 is 10.6 Å². The molecule has 0 fully saturated rings. The van der Waals surface area contributed by atoms with Crippen LogP contribution in [0.25, 0.3) is 0 Å². The van der Waals surface area contributed by atoms with Gasteiger partial charge in [0.15, 0.2) is 0 Å². The summed E-state index contributed by atoms with van der Waals surface area (Å²) in [5.74, 6) is -2.86. The number of halogens is 3. The van der Waals surface area contributed by atoms with Crippen LogP contribution in [-0.4, -0.2) is 17.9 Å². The molecule has 7 heteroatoms. The van der Waals surface area contributed by atoms with Crippen molar-refractivity contribution in [3.05, 3.63) is 64.1 Å². The summed E-state index contributed by atoms with van der Waals surface area (Å²) in [5.41, 5.74) is -0.158. The number of rotatable bonds is 5. The Labute approximate surface area is 152 Å². The van der Waals surface area contributed by atoms with Gasteiger partial charge in [-0.15, -0.1) is 0 Å². The van der Waals surface area contributed by atoms with Crippen LogP contribution in [0.5, 0.6) is 0 Å². The van der Waals surface area contributed by atoms with Gasteiger partial charge in [0, 0.05) is 4.47 Å². The largest absolute Gasteiger partial charge is 0.340 e. The van der Waals surface area contributed by atoms with E-state index in [0.717, 1.165) is 6.07 Å². The topological polar surface area (TPSA) is 58.2 Å². The van der Waals surface area contributed by atoms with Crippen molar-refractivity contribution in [1.29, 1.82) is 0 Å². The molecular weight excluding hydrogens is 394 g/mol. The Balaban J connectivity index is 2.16. The van der Waals surface area contributed by atoms with Crippen molar-refractivity contribution in [2.45, 2.75) is 19.9 Å². The van der Waals surface area contributed by atoms with Crippen LogP contribution in [0.2, 0.25) is 0 Å². The Morgan fingerprint density at radius 3 is 2.32 bits per heavy atom. The molecule has 0 aliphatic carbocycles. The zero-order chi connectivity index (χ0) is 18.6. The van der Waals surface area contributed by atoms with E-state index in [1.54, 1.807) is 19.9 Å². The standard InChI is InChI=1S/C18H17BrF2N2O2/c1-10(2)16(23-17(24)12-5-3-4-6-13(12)20)18(25)22-15-8-7-11(19)9-14(15)21/h3-10,16H,1-2H3,(H,22,25)(H,23,24). The lowest BCUT2D eigenvalue weighted by molar-refractivity contribution is -0.118. The Kier molecular flexibility index (Phi) is 6.25. The molecule has 0 aromatic heterocycles. The SMILES string of the molecule is CC(C)C(NC(=O)c1ccccc1F)C(=O)Nc1ccc(Br)cc1F. The Hall–Kier alpha value is -2.28. The number of hydrogen-bond donors (Lipinski definition) is 2. The first kappa shape index (κ1) is 19.1. The van der Waals surface area contributed by atoms with Crippen LogP contribution >= 0.6 is 15.9 Å². The third-order valence-electron chi connectivity index (χ3n) is 3.54. The molecule has 132 valence electrons. The van der Waals surface area contributed by atoms with Gasteiger partial charge in [0.1, 0.15) is 17.7 Å². The van der Waals surface area contributed by atoms with Crippen molar-refractivity contribution < 1.29 is 18.4 Å². The fourth-order valence-corrected chi connectivity index (χ4v) is 2.53. The van der Waals surface area contributed by atoms with Crippen LogP contribution in [0.4, 0.5) is 14.5 Å². The number of nitrogens with one attached hydrogen (secondary N) is 2. The number of benzene rings is 2. The molecule has 0 heterocycles. The Bertz CT molecular complexity index is 796. The van der Waals surface area contributed by atoms with Gasteiger partial charge in [0.2, 0.25) is 5.91 Å². The van der Waals surface area contributed by atoms with E-state index in [1.807, 2.05) is 0 Å². The summed E-state index contributed by atoms with van der Waals surface area (Å²) in [6.07, 6.45) is 0. The van der Waals surface area contributed by atoms with Gasteiger partial charge in [0.25, 0.3) is 5.91 Å². The highest BCUT2D eigenvalue weighted by atomic mass is 79.9. The molecule has 0 saturated heterocycles. The molecule has 0 spiro atoms. The van der Waals surface area contributed by atoms with E-state index in [1.165, 1.54) is 30.3 Å². The quantitative estimate of drug-likeness (QED) is 0.778. The lowest BCUT2D eigenvalue weighted by atomic mass is 10.0. The molecule has 2 amide bonds. The van der Waals surface area contributed by atoms with Crippen LogP contribution in [0, 0.1) is 17.6 Å². The maximum atomic E-state index is 13.9. The third kappa shape index (κ3) is 4.85. The molecule has 25 heavy (non-hydrogen) atoms. The molecule has 0 aliphatic rings. The van der Waals surface area contributed by atoms with Gasteiger partial charge >= 0.3 is 0 Å². The number of carbonyl (C=O) groups is 2. The van der Waals surface area contributed by atoms with Crippen molar-refractivity contribution in [1.82, 2.24) is 5.32 Å². The van der Waals surface area contributed by atoms with Crippen molar-refractivity contribution in [2.75, 3.05) is 5.32 Å². The highest BCUT2D eigenvalue weighted by Crippen LogP contribution is 2.20. The first-order valence-corrected chi connectivity index (χ1v) is 8.40. The first-order valence-electron chi connectivity index (χ1n) is 7.61. The van der Waals surface area contributed by atoms with Gasteiger partial charge in [-0.25, -0.2) is 8.78 Å². The maximum absolute atomic E-state index is 13.9. The van der Waals surface area contributed by atoms with Crippen LogP contribution in [0.3, 0.4) is 0 Å². The summed E-state index contributed by atoms with van der Waals surface area (Å²) in [7, 11) is 0. The summed E-state index contributed by atoms with van der Waals surface area (Å²) < 4.78 is 28.1. The van der Waals surface area contributed by atoms with Crippen molar-refractivity contribution in [3.63, 3.8) is 0 Å². The number of carbonyl (C=O) groups excluding carboxylic acids is 2. The highest BCUT2D eigenvalue weighted by Gasteiger charge is 2.26. The smallest absolute Gasteiger partial charge is 0.254 e. The summed E-state index contributed by atoms with van der Waals surface area (Å²) >= 11 is 3.13. The van der Waals surface area contributed by atoms with E-state index in [4.69, 9.17) is 0 Å². The second-order valence-electron chi connectivity index (χ2n) is 5.79. The summed E-state index contributed by atoms with van der Waals surface area (Å²) in [5, 5.41) is 4.95. The molecule has 2 N–H and O–H groups in total. The normalized spacial score (nSPS) is 11.9. The van der Waals surface area contributed by atoms with Gasteiger partial charge in [0.05, 0.1) is 11.3 Å². The molecule has 2 aromatic rings. The van der Waals surface area contributed by atoms with E-state index in [9.17, 15) is 18.4 Å². The maximum Gasteiger partial charge on any atom is 0.254 e. The van der Waals surface area contributed by atoms with E-state index in [0.29, 0.717) is 4.47 Å². The van der Waals surface area contributed by atoms with E-state index < -0.39 is 29.5 Å². The zero-order valence-electron chi connectivity index (χ0n) is 13.6. The Morgan fingerprint density at radius 1 is 1.04 bits per heavy atom. The van der Waals surface area contributed by atoms with E-state index in [-0.39, 0.29) is 17.2 Å². The molecule has 0 radical (unpaired) electrons. The second-order valence-corrected chi connectivity index (χ2v) is 6.70. The first-order chi connectivity index (χ1) is 11.8. The van der Waals surface area contributed by atoms with E-state index >= 15 is 0 Å². The monoisotopic (exact) mass is 410 g/mol. The molecule has 0 bridgehead atoms. The molecule has 4 nitrogen and oxygen atoms in total. The fourth-order valence-electron chi connectivity index (χ4n) is 2.20. The molecule has 2 aromatic carbocycles. The average Bonchev–Trinajstić information content (AvgIpc) is 2.55. The average molecular weight is 411 g/mol. The molecular formula is C18H17BrF2N2O2. The molecule has 0 aliphatic heterocycles. The lowest BCUT2D eigenvalue weighted by Gasteiger charge is -2.22. The third-order valence-corrected chi connectivity index (χ3v) is 4.04. The van der Waals surface area contributed by atoms with Crippen LogP contribution < -0.4 is 10.6 Å². The predicted octanol–water partition coefficient (Wildman–Crippen LogP) is 4.12. The lowest BCUT2D eigenvalue weighted by Crippen LogP contribution is -2.47. The van der Waals surface area contributed by atoms with Crippen LogP contribution in [0.15, 0.2) is 46.9 Å². The molecule has 1 unspecified atom stereocenters. The van der Waals surface area contributed by atoms with E-state index in [2.05, 4.69) is 26.6 Å². The summed E-state index contributed by atoms with van der Waals surface area (Å²) in [6.45, 7) is 3.45.